The normalized spacial score (nSPS) is 16.9. The molecule has 0 aliphatic carbocycles. The van der Waals surface area contributed by atoms with Crippen molar-refractivity contribution in [1.82, 2.24) is 19.7 Å². The van der Waals surface area contributed by atoms with Crippen molar-refractivity contribution in [1.29, 1.82) is 0 Å². The van der Waals surface area contributed by atoms with Gasteiger partial charge in [0.1, 0.15) is 17.8 Å². The molecular formula is C22H23FN6O3. The molecule has 0 saturated carbocycles. The Morgan fingerprint density at radius 3 is 2.94 bits per heavy atom. The molecule has 0 spiro atoms. The molecule has 2 aromatic heterocycles. The molecule has 1 aliphatic heterocycles. The standard InChI is InChI=1S/C22H23FN6O3/c1-13(11-30)29-12-24-27-20(29)17-4-3-5-19(25-17)26-21(31)15-7-6-14-8-9-16(23)22(32)28(2)18(14)10-15/h3-7,10,12-13,16,30H,8-9,11H2,1-2H3,(H,25,26,31). The topological polar surface area (TPSA) is 113 Å². The van der Waals surface area contributed by atoms with Crippen molar-refractivity contribution in [3.8, 4) is 11.5 Å². The fourth-order valence-corrected chi connectivity index (χ4v) is 3.62. The minimum absolute atomic E-state index is 0.0834. The lowest BCUT2D eigenvalue weighted by atomic mass is 10.0. The van der Waals surface area contributed by atoms with Crippen molar-refractivity contribution in [3.05, 3.63) is 53.9 Å². The summed E-state index contributed by atoms with van der Waals surface area (Å²) < 4.78 is 15.7. The molecule has 9 nitrogen and oxygen atoms in total. The predicted molar refractivity (Wildman–Crippen MR) is 116 cm³/mol. The number of anilines is 2. The lowest BCUT2D eigenvalue weighted by Gasteiger charge is -2.19. The van der Waals surface area contributed by atoms with Gasteiger partial charge in [0.25, 0.3) is 11.8 Å². The summed E-state index contributed by atoms with van der Waals surface area (Å²) in [4.78, 5) is 30.7. The first kappa shape index (κ1) is 21.6. The Kier molecular flexibility index (Phi) is 5.95. The molecule has 2 atom stereocenters. The Balaban J connectivity index is 1.58. The Labute approximate surface area is 183 Å². The molecule has 0 saturated heterocycles. The predicted octanol–water partition coefficient (Wildman–Crippen LogP) is 2.39. The van der Waals surface area contributed by atoms with Crippen LogP contribution in [0.2, 0.25) is 0 Å². The second-order valence-electron chi connectivity index (χ2n) is 7.70. The Morgan fingerprint density at radius 2 is 2.16 bits per heavy atom. The number of aromatic nitrogens is 4. The molecule has 1 aromatic carbocycles. The smallest absolute Gasteiger partial charge is 0.261 e. The molecule has 2 unspecified atom stereocenters. The number of carbonyl (C=O) groups is 2. The van der Waals surface area contributed by atoms with Gasteiger partial charge in [-0.15, -0.1) is 10.2 Å². The zero-order valence-electron chi connectivity index (χ0n) is 17.7. The number of hydrogen-bond donors (Lipinski definition) is 2. The van der Waals surface area contributed by atoms with Crippen LogP contribution in [0.1, 0.15) is 35.3 Å². The first-order valence-electron chi connectivity index (χ1n) is 10.2. The van der Waals surface area contributed by atoms with E-state index in [1.165, 1.54) is 18.3 Å². The summed E-state index contributed by atoms with van der Waals surface area (Å²) >= 11 is 0. The highest BCUT2D eigenvalue weighted by Gasteiger charge is 2.28. The van der Waals surface area contributed by atoms with E-state index in [0.29, 0.717) is 35.0 Å². The van der Waals surface area contributed by atoms with Gasteiger partial charge in [-0.05, 0) is 49.6 Å². The number of rotatable bonds is 5. The highest BCUT2D eigenvalue weighted by atomic mass is 19.1. The largest absolute Gasteiger partial charge is 0.394 e. The van der Waals surface area contributed by atoms with Gasteiger partial charge in [0, 0.05) is 18.3 Å². The average molecular weight is 438 g/mol. The summed E-state index contributed by atoms with van der Waals surface area (Å²) in [6.45, 7) is 1.74. The van der Waals surface area contributed by atoms with Crippen LogP contribution in [0.3, 0.4) is 0 Å². The minimum atomic E-state index is -1.55. The van der Waals surface area contributed by atoms with Gasteiger partial charge >= 0.3 is 0 Å². The van der Waals surface area contributed by atoms with Gasteiger partial charge in [0.15, 0.2) is 12.0 Å². The third-order valence-corrected chi connectivity index (χ3v) is 5.51. The van der Waals surface area contributed by atoms with Crippen molar-refractivity contribution in [2.24, 2.45) is 0 Å². The number of aryl methyl sites for hydroxylation is 1. The molecule has 3 aromatic rings. The number of benzene rings is 1. The van der Waals surface area contributed by atoms with Crippen LogP contribution in [-0.4, -0.2) is 56.5 Å². The van der Waals surface area contributed by atoms with Crippen molar-refractivity contribution >= 4 is 23.3 Å². The summed E-state index contributed by atoms with van der Waals surface area (Å²) in [5.74, 6) is -0.253. The summed E-state index contributed by atoms with van der Waals surface area (Å²) in [7, 11) is 1.51. The first-order chi connectivity index (χ1) is 15.4. The quantitative estimate of drug-likeness (QED) is 0.632. The molecule has 3 heterocycles. The van der Waals surface area contributed by atoms with Gasteiger partial charge < -0.3 is 19.9 Å². The van der Waals surface area contributed by atoms with E-state index in [4.69, 9.17) is 0 Å². The van der Waals surface area contributed by atoms with E-state index in [-0.39, 0.29) is 19.1 Å². The van der Waals surface area contributed by atoms with Gasteiger partial charge in [-0.3, -0.25) is 9.59 Å². The number of nitrogens with zero attached hydrogens (tertiary/aromatic N) is 5. The number of nitrogens with one attached hydrogen (secondary N) is 1. The maximum absolute atomic E-state index is 14.0. The summed E-state index contributed by atoms with van der Waals surface area (Å²) in [6.07, 6.45) is 0.508. The molecule has 4 rings (SSSR count). The van der Waals surface area contributed by atoms with E-state index in [1.807, 2.05) is 6.92 Å². The molecule has 0 fully saturated rings. The van der Waals surface area contributed by atoms with Crippen LogP contribution in [0.15, 0.2) is 42.7 Å². The molecule has 32 heavy (non-hydrogen) atoms. The molecule has 1 aliphatic rings. The SMILES string of the molecule is CC(CO)n1cnnc1-c1cccc(NC(=O)c2ccc3c(c2)N(C)C(=O)C(F)CC3)n1. The van der Waals surface area contributed by atoms with Crippen LogP contribution in [0, 0.1) is 0 Å². The number of fused-ring (bicyclic) bond motifs is 1. The third kappa shape index (κ3) is 4.09. The van der Waals surface area contributed by atoms with E-state index < -0.39 is 18.0 Å². The fraction of sp³-hybridized carbons (Fsp3) is 0.318. The fourth-order valence-electron chi connectivity index (χ4n) is 3.62. The van der Waals surface area contributed by atoms with Crippen LogP contribution in [-0.2, 0) is 11.2 Å². The summed E-state index contributed by atoms with van der Waals surface area (Å²) in [5.41, 5.74) is 2.15. The number of hydrogen-bond acceptors (Lipinski definition) is 6. The van der Waals surface area contributed by atoms with Crippen molar-refractivity contribution in [3.63, 3.8) is 0 Å². The van der Waals surface area contributed by atoms with E-state index in [9.17, 15) is 19.1 Å². The number of aliphatic hydroxyl groups excluding tert-OH is 1. The third-order valence-electron chi connectivity index (χ3n) is 5.51. The van der Waals surface area contributed by atoms with Gasteiger partial charge in [-0.1, -0.05) is 12.1 Å². The van der Waals surface area contributed by atoms with Crippen LogP contribution in [0.4, 0.5) is 15.9 Å². The summed E-state index contributed by atoms with van der Waals surface area (Å²) in [5, 5.41) is 20.1. The Morgan fingerprint density at radius 1 is 1.34 bits per heavy atom. The number of halogens is 1. The highest BCUT2D eigenvalue weighted by Crippen LogP contribution is 2.29. The monoisotopic (exact) mass is 438 g/mol. The Hall–Kier alpha value is -3.66. The van der Waals surface area contributed by atoms with Gasteiger partial charge in [-0.2, -0.15) is 0 Å². The molecule has 166 valence electrons. The maximum atomic E-state index is 14.0. The molecule has 2 N–H and O–H groups in total. The van der Waals surface area contributed by atoms with E-state index in [2.05, 4.69) is 20.5 Å². The molecule has 0 bridgehead atoms. The number of aliphatic hydroxyl groups is 1. The van der Waals surface area contributed by atoms with Gasteiger partial charge in [-0.25, -0.2) is 9.37 Å². The lowest BCUT2D eigenvalue weighted by Crippen LogP contribution is -2.32. The van der Waals surface area contributed by atoms with E-state index in [0.717, 1.165) is 5.56 Å². The number of alkyl halides is 1. The first-order valence-corrected chi connectivity index (χ1v) is 10.2. The average Bonchev–Trinajstić information content (AvgIpc) is 3.27. The van der Waals surface area contributed by atoms with E-state index >= 15 is 0 Å². The van der Waals surface area contributed by atoms with E-state index in [1.54, 1.807) is 41.0 Å². The molecular weight excluding hydrogens is 415 g/mol. The molecule has 10 heteroatoms. The van der Waals surface area contributed by atoms with Crippen LogP contribution in [0.25, 0.3) is 11.5 Å². The number of amides is 2. The van der Waals surface area contributed by atoms with Crippen LogP contribution < -0.4 is 10.2 Å². The van der Waals surface area contributed by atoms with Gasteiger partial charge in [0.05, 0.1) is 12.6 Å². The maximum Gasteiger partial charge on any atom is 0.261 e. The zero-order valence-corrected chi connectivity index (χ0v) is 17.7. The van der Waals surface area contributed by atoms with Gasteiger partial charge in [0.2, 0.25) is 0 Å². The lowest BCUT2D eigenvalue weighted by molar-refractivity contribution is -0.123. The Bertz CT molecular complexity index is 1160. The van der Waals surface area contributed by atoms with Crippen molar-refractivity contribution in [2.75, 3.05) is 23.9 Å². The van der Waals surface area contributed by atoms with Crippen LogP contribution in [0.5, 0.6) is 0 Å². The zero-order chi connectivity index (χ0) is 22.8. The second-order valence-corrected chi connectivity index (χ2v) is 7.70. The second kappa shape index (κ2) is 8.83. The van der Waals surface area contributed by atoms with Crippen molar-refractivity contribution in [2.45, 2.75) is 32.0 Å². The number of carbonyl (C=O) groups excluding carboxylic acids is 2. The summed E-state index contributed by atoms with van der Waals surface area (Å²) in [6, 6.07) is 9.85. The molecule has 0 radical (unpaired) electrons. The molecule has 2 amide bonds. The van der Waals surface area contributed by atoms with Crippen molar-refractivity contribution < 1.29 is 19.1 Å². The highest BCUT2D eigenvalue weighted by molar-refractivity contribution is 6.06. The number of pyridine rings is 1. The minimum Gasteiger partial charge on any atom is -0.394 e. The van der Waals surface area contributed by atoms with Crippen LogP contribution >= 0.6 is 0 Å².